The number of ether oxygens (including phenoxy) is 2. The number of aromatic nitrogens is 1. The van der Waals surface area contributed by atoms with Gasteiger partial charge in [-0.3, -0.25) is 4.79 Å². The van der Waals surface area contributed by atoms with Crippen LogP contribution in [0.2, 0.25) is 0 Å². The van der Waals surface area contributed by atoms with Gasteiger partial charge in [-0.2, -0.15) is 0 Å². The van der Waals surface area contributed by atoms with Crippen molar-refractivity contribution in [2.75, 3.05) is 39.4 Å². The summed E-state index contributed by atoms with van der Waals surface area (Å²) in [7, 11) is 0. The number of amides is 1. The third-order valence-corrected chi connectivity index (χ3v) is 5.60. The molecule has 0 unspecified atom stereocenters. The zero-order chi connectivity index (χ0) is 17.1. The van der Waals surface area contributed by atoms with E-state index in [2.05, 4.69) is 10.1 Å². The Morgan fingerprint density at radius 2 is 2.12 bits per heavy atom. The van der Waals surface area contributed by atoms with Crippen LogP contribution in [0.15, 0.2) is 16.8 Å². The maximum absolute atomic E-state index is 12.5. The number of nitrogens with zero attached hydrogens (tertiary/aromatic N) is 3. The van der Waals surface area contributed by atoms with Crippen LogP contribution in [-0.4, -0.2) is 78.5 Å². The van der Waals surface area contributed by atoms with Crippen molar-refractivity contribution in [3.05, 3.63) is 18.0 Å². The first-order valence-corrected chi connectivity index (χ1v) is 9.48. The summed E-state index contributed by atoms with van der Waals surface area (Å²) in [4.78, 5) is 16.8. The highest BCUT2D eigenvalue weighted by molar-refractivity contribution is 5.91. The highest BCUT2D eigenvalue weighted by Crippen LogP contribution is 2.32. The van der Waals surface area contributed by atoms with Crippen molar-refractivity contribution >= 4 is 5.91 Å². The molecule has 138 valence electrons. The van der Waals surface area contributed by atoms with Crippen molar-refractivity contribution in [1.82, 2.24) is 15.0 Å². The van der Waals surface area contributed by atoms with E-state index < -0.39 is 0 Å². The average molecular weight is 349 g/mol. The van der Waals surface area contributed by atoms with E-state index in [0.717, 1.165) is 39.0 Å². The molecule has 0 aromatic carbocycles. The number of fused-ring (bicyclic) bond motifs is 1. The van der Waals surface area contributed by atoms with E-state index in [1.807, 2.05) is 4.90 Å². The van der Waals surface area contributed by atoms with Crippen LogP contribution >= 0.6 is 0 Å². The van der Waals surface area contributed by atoms with Crippen LogP contribution in [0.1, 0.15) is 42.7 Å². The van der Waals surface area contributed by atoms with E-state index in [4.69, 9.17) is 14.0 Å². The van der Waals surface area contributed by atoms with Gasteiger partial charge >= 0.3 is 0 Å². The zero-order valence-electron chi connectivity index (χ0n) is 14.6. The number of hydrogen-bond acceptors (Lipinski definition) is 6. The van der Waals surface area contributed by atoms with Crippen LogP contribution in [0.3, 0.4) is 0 Å². The third kappa shape index (κ3) is 3.88. The first kappa shape index (κ1) is 17.0. The largest absolute Gasteiger partial charge is 0.377 e. The van der Waals surface area contributed by atoms with Crippen molar-refractivity contribution in [2.24, 2.45) is 0 Å². The Morgan fingerprint density at radius 1 is 1.24 bits per heavy atom. The highest BCUT2D eigenvalue weighted by atomic mass is 16.5. The van der Waals surface area contributed by atoms with Crippen LogP contribution in [-0.2, 0) is 9.47 Å². The third-order valence-electron chi connectivity index (χ3n) is 5.60. The van der Waals surface area contributed by atoms with E-state index in [-0.39, 0.29) is 24.2 Å². The molecule has 4 rings (SSSR count). The van der Waals surface area contributed by atoms with Crippen molar-refractivity contribution in [2.45, 2.75) is 50.4 Å². The lowest BCUT2D eigenvalue weighted by atomic mass is 9.99. The summed E-state index contributed by atoms with van der Waals surface area (Å²) in [6, 6.07) is 1.77. The molecule has 3 aliphatic rings. The molecular weight excluding hydrogens is 322 g/mol. The monoisotopic (exact) mass is 349 g/mol. The Balaban J connectivity index is 1.21. The Bertz CT molecular complexity index is 559. The molecule has 25 heavy (non-hydrogen) atoms. The lowest BCUT2D eigenvalue weighted by Crippen LogP contribution is -2.46. The minimum atomic E-state index is -0.0751. The minimum absolute atomic E-state index is 0.0751. The summed E-state index contributed by atoms with van der Waals surface area (Å²) in [6.45, 7) is 5.61. The summed E-state index contributed by atoms with van der Waals surface area (Å²) in [6.07, 6.45) is 7.20. The van der Waals surface area contributed by atoms with Crippen LogP contribution in [0.4, 0.5) is 0 Å². The number of carbonyl (C=O) groups excluding carboxylic acids is 1. The maximum Gasteiger partial charge on any atom is 0.292 e. The van der Waals surface area contributed by atoms with Gasteiger partial charge in [-0.15, -0.1) is 0 Å². The molecule has 0 radical (unpaired) electrons. The van der Waals surface area contributed by atoms with Crippen LogP contribution < -0.4 is 0 Å². The van der Waals surface area contributed by atoms with Gasteiger partial charge in [-0.25, -0.2) is 0 Å². The molecule has 3 fully saturated rings. The molecule has 0 spiro atoms. The molecule has 7 nitrogen and oxygen atoms in total. The fourth-order valence-electron chi connectivity index (χ4n) is 4.25. The fraction of sp³-hybridized carbons (Fsp3) is 0.778. The van der Waals surface area contributed by atoms with Crippen LogP contribution in [0.25, 0.3) is 0 Å². The van der Waals surface area contributed by atoms with Crippen molar-refractivity contribution in [1.29, 1.82) is 0 Å². The van der Waals surface area contributed by atoms with Gasteiger partial charge in [0.25, 0.3) is 5.91 Å². The molecule has 0 saturated carbocycles. The van der Waals surface area contributed by atoms with Gasteiger partial charge in [0.05, 0.1) is 37.7 Å². The van der Waals surface area contributed by atoms with Gasteiger partial charge in [-0.05, 0) is 45.2 Å². The van der Waals surface area contributed by atoms with Gasteiger partial charge in [0.15, 0.2) is 0 Å². The van der Waals surface area contributed by atoms with Crippen molar-refractivity contribution < 1.29 is 18.8 Å². The normalized spacial score (nSPS) is 29.9. The van der Waals surface area contributed by atoms with Crippen molar-refractivity contribution in [3.63, 3.8) is 0 Å². The topological polar surface area (TPSA) is 68.0 Å². The van der Waals surface area contributed by atoms with E-state index >= 15 is 0 Å². The Kier molecular flexibility index (Phi) is 5.33. The molecule has 4 heterocycles. The summed E-state index contributed by atoms with van der Waals surface area (Å²) in [5, 5.41) is 3.63. The first-order chi connectivity index (χ1) is 12.3. The van der Waals surface area contributed by atoms with Gasteiger partial charge in [-0.1, -0.05) is 5.16 Å². The molecule has 1 amide bonds. The minimum Gasteiger partial charge on any atom is -0.377 e. The average Bonchev–Trinajstić information content (AvgIpc) is 3.39. The van der Waals surface area contributed by atoms with Gasteiger partial charge in [0.1, 0.15) is 0 Å². The van der Waals surface area contributed by atoms with Crippen molar-refractivity contribution in [3.8, 4) is 0 Å². The summed E-state index contributed by atoms with van der Waals surface area (Å²) >= 11 is 0. The number of carbonyl (C=O) groups is 1. The van der Waals surface area contributed by atoms with E-state index in [1.165, 1.54) is 32.1 Å². The second-order valence-corrected chi connectivity index (χ2v) is 7.23. The predicted octanol–water partition coefficient (Wildman–Crippen LogP) is 1.55. The van der Waals surface area contributed by atoms with Crippen LogP contribution in [0, 0.1) is 0 Å². The maximum atomic E-state index is 12.5. The second kappa shape index (κ2) is 7.85. The molecule has 3 aliphatic heterocycles. The molecule has 3 saturated heterocycles. The Labute approximate surface area is 148 Å². The lowest BCUT2D eigenvalue weighted by Gasteiger charge is -2.35. The standard InChI is InChI=1S/C18H27N3O4/c22-18(17-5-7-19-25-17)21-10-6-16-15(21)4-3-14(24-16)13-23-12-11-20-8-1-2-9-20/h5,7,14-16H,1-4,6,8-13H2/t14-,15-,16-/m0/s1. The van der Waals surface area contributed by atoms with Gasteiger partial charge in [0, 0.05) is 19.2 Å². The molecule has 7 heteroatoms. The highest BCUT2D eigenvalue weighted by Gasteiger charge is 2.42. The van der Waals surface area contributed by atoms with E-state index in [1.54, 1.807) is 6.07 Å². The van der Waals surface area contributed by atoms with Gasteiger partial charge in [0.2, 0.25) is 5.76 Å². The Morgan fingerprint density at radius 3 is 2.92 bits per heavy atom. The fourth-order valence-corrected chi connectivity index (χ4v) is 4.25. The molecular formula is C18H27N3O4. The summed E-state index contributed by atoms with van der Waals surface area (Å²) in [5.74, 6) is 0.238. The number of rotatable bonds is 6. The molecule has 0 bridgehead atoms. The predicted molar refractivity (Wildman–Crippen MR) is 90.3 cm³/mol. The number of likely N-dealkylation sites (tertiary alicyclic amines) is 2. The first-order valence-electron chi connectivity index (χ1n) is 9.48. The molecule has 3 atom stereocenters. The van der Waals surface area contributed by atoms with E-state index in [9.17, 15) is 4.79 Å². The number of hydrogen-bond donors (Lipinski definition) is 0. The van der Waals surface area contributed by atoms with Crippen LogP contribution in [0.5, 0.6) is 0 Å². The van der Waals surface area contributed by atoms with Gasteiger partial charge < -0.3 is 23.8 Å². The summed E-state index contributed by atoms with van der Waals surface area (Å²) in [5.41, 5.74) is 0. The zero-order valence-corrected chi connectivity index (χ0v) is 14.6. The Hall–Kier alpha value is -1.44. The molecule has 1 aromatic heterocycles. The molecule has 1 aromatic rings. The SMILES string of the molecule is O=C(c1ccno1)N1CC[C@@H]2O[C@H](COCCN3CCCC3)CC[C@@H]21. The summed E-state index contributed by atoms with van der Waals surface area (Å²) < 4.78 is 17.1. The molecule has 0 N–H and O–H groups in total. The molecule has 0 aliphatic carbocycles. The second-order valence-electron chi connectivity index (χ2n) is 7.23. The quantitative estimate of drug-likeness (QED) is 0.726. The lowest BCUT2D eigenvalue weighted by molar-refractivity contribution is -0.0973. The van der Waals surface area contributed by atoms with E-state index in [0.29, 0.717) is 12.4 Å². The smallest absolute Gasteiger partial charge is 0.292 e.